The number of hydrogen-bond donors (Lipinski definition) is 1. The maximum Gasteiger partial charge on any atom is 0.241 e. The smallest absolute Gasteiger partial charge is 0.241 e. The Morgan fingerprint density at radius 3 is 2.94 bits per heavy atom. The third kappa shape index (κ3) is 3.19. The van der Waals surface area contributed by atoms with Crippen LogP contribution < -0.4 is 5.32 Å². The van der Waals surface area contributed by atoms with Crippen LogP contribution >= 0.6 is 0 Å². The second-order valence-electron chi connectivity index (χ2n) is 5.02. The number of piperidine rings is 1. The Morgan fingerprint density at radius 2 is 2.29 bits per heavy atom. The van der Waals surface area contributed by atoms with E-state index in [9.17, 15) is 9.59 Å². The molecule has 0 aromatic rings. The first-order valence-electron chi connectivity index (χ1n) is 6.41. The summed E-state index contributed by atoms with van der Waals surface area (Å²) in [4.78, 5) is 26.8. The molecule has 1 N–H and O–H groups in total. The number of likely N-dealkylation sites (tertiary alicyclic amines) is 1. The molecule has 1 unspecified atom stereocenters. The highest BCUT2D eigenvalue weighted by Crippen LogP contribution is 2.19. The molecule has 0 bridgehead atoms. The van der Waals surface area contributed by atoms with Crippen LogP contribution in [-0.4, -0.2) is 54.5 Å². The van der Waals surface area contributed by atoms with Gasteiger partial charge in [0.2, 0.25) is 11.8 Å². The van der Waals surface area contributed by atoms with Crippen LogP contribution in [0.2, 0.25) is 0 Å². The lowest BCUT2D eigenvalue weighted by Gasteiger charge is -2.32. The number of carbonyl (C=O) groups excluding carboxylic acids is 2. The van der Waals surface area contributed by atoms with Gasteiger partial charge in [-0.25, -0.2) is 0 Å². The Hall–Kier alpha value is -1.10. The van der Waals surface area contributed by atoms with E-state index in [1.54, 1.807) is 4.90 Å². The molecule has 0 aliphatic carbocycles. The van der Waals surface area contributed by atoms with Gasteiger partial charge in [-0.3, -0.25) is 9.59 Å². The summed E-state index contributed by atoms with van der Waals surface area (Å²) in [6, 6.07) is 0.541. The van der Waals surface area contributed by atoms with E-state index in [-0.39, 0.29) is 18.4 Å². The average molecular weight is 239 g/mol. The van der Waals surface area contributed by atoms with Crippen molar-refractivity contribution >= 4 is 11.8 Å². The topological polar surface area (TPSA) is 52.7 Å². The van der Waals surface area contributed by atoms with Crippen molar-refractivity contribution in [1.82, 2.24) is 15.1 Å². The standard InChI is InChI=1S/C12H21N3O2/c1-14-7-3-2-4-10(14)5-6-12(17)15-8-11(16)13-9-15/h10H,2-9H2,1H3,(H,13,16). The molecule has 5 heteroatoms. The summed E-state index contributed by atoms with van der Waals surface area (Å²) in [6.45, 7) is 1.76. The van der Waals surface area contributed by atoms with Gasteiger partial charge in [0, 0.05) is 12.5 Å². The van der Waals surface area contributed by atoms with E-state index in [4.69, 9.17) is 0 Å². The molecule has 2 saturated heterocycles. The molecule has 0 saturated carbocycles. The van der Waals surface area contributed by atoms with Crippen molar-refractivity contribution in [2.45, 2.75) is 38.1 Å². The summed E-state index contributed by atoms with van der Waals surface area (Å²) < 4.78 is 0. The minimum atomic E-state index is -0.0480. The van der Waals surface area contributed by atoms with Crippen molar-refractivity contribution < 1.29 is 9.59 Å². The minimum absolute atomic E-state index is 0.0480. The van der Waals surface area contributed by atoms with Crippen molar-refractivity contribution in [3.8, 4) is 0 Å². The van der Waals surface area contributed by atoms with Crippen molar-refractivity contribution in [3.63, 3.8) is 0 Å². The molecule has 2 aliphatic heterocycles. The van der Waals surface area contributed by atoms with Crippen LogP contribution in [0, 0.1) is 0 Å². The minimum Gasteiger partial charge on any atom is -0.337 e. The van der Waals surface area contributed by atoms with Gasteiger partial charge in [-0.15, -0.1) is 0 Å². The van der Waals surface area contributed by atoms with Gasteiger partial charge in [-0.2, -0.15) is 0 Å². The van der Waals surface area contributed by atoms with Gasteiger partial charge < -0.3 is 15.1 Å². The number of nitrogens with one attached hydrogen (secondary N) is 1. The van der Waals surface area contributed by atoms with Crippen molar-refractivity contribution in [2.24, 2.45) is 0 Å². The zero-order chi connectivity index (χ0) is 12.3. The first-order valence-corrected chi connectivity index (χ1v) is 6.41. The predicted octanol–water partition coefficient (Wildman–Crippen LogP) is 0.167. The van der Waals surface area contributed by atoms with E-state index >= 15 is 0 Å². The number of amides is 2. The predicted molar refractivity (Wildman–Crippen MR) is 64.2 cm³/mol. The molecule has 2 rings (SSSR count). The fraction of sp³-hybridized carbons (Fsp3) is 0.833. The SMILES string of the molecule is CN1CCCCC1CCC(=O)N1CNC(=O)C1. The molecule has 1 atom stereocenters. The monoisotopic (exact) mass is 239 g/mol. The van der Waals surface area contributed by atoms with Crippen LogP contribution in [0.5, 0.6) is 0 Å². The molecule has 0 aromatic carbocycles. The summed E-state index contributed by atoms with van der Waals surface area (Å²) in [5, 5.41) is 2.65. The van der Waals surface area contributed by atoms with Crippen LogP contribution in [0.1, 0.15) is 32.1 Å². The summed E-state index contributed by atoms with van der Waals surface area (Å²) in [7, 11) is 2.13. The Labute approximate surface area is 102 Å². The highest BCUT2D eigenvalue weighted by Gasteiger charge is 2.25. The lowest BCUT2D eigenvalue weighted by molar-refractivity contribution is -0.132. The molecule has 0 radical (unpaired) electrons. The lowest BCUT2D eigenvalue weighted by atomic mass is 9.98. The number of carbonyl (C=O) groups is 2. The van der Waals surface area contributed by atoms with Gasteiger partial charge in [0.15, 0.2) is 0 Å². The molecule has 2 fully saturated rings. The van der Waals surface area contributed by atoms with E-state index in [1.807, 2.05) is 0 Å². The van der Waals surface area contributed by atoms with Crippen LogP contribution in [-0.2, 0) is 9.59 Å². The molecule has 2 heterocycles. The van der Waals surface area contributed by atoms with E-state index < -0.39 is 0 Å². The van der Waals surface area contributed by atoms with E-state index in [0.29, 0.717) is 19.1 Å². The second kappa shape index (κ2) is 5.49. The van der Waals surface area contributed by atoms with Gasteiger partial charge in [0.25, 0.3) is 0 Å². The lowest BCUT2D eigenvalue weighted by Crippen LogP contribution is -2.37. The highest BCUT2D eigenvalue weighted by molar-refractivity contribution is 5.87. The Kier molecular flexibility index (Phi) is 3.99. The van der Waals surface area contributed by atoms with Crippen LogP contribution in [0.3, 0.4) is 0 Å². The number of rotatable bonds is 3. The maximum absolute atomic E-state index is 11.9. The second-order valence-corrected chi connectivity index (χ2v) is 5.02. The molecule has 0 spiro atoms. The molecule has 17 heavy (non-hydrogen) atoms. The third-order valence-electron chi connectivity index (χ3n) is 3.77. The third-order valence-corrected chi connectivity index (χ3v) is 3.77. The summed E-state index contributed by atoms with van der Waals surface area (Å²) in [5.41, 5.74) is 0. The van der Waals surface area contributed by atoms with Crippen molar-refractivity contribution in [3.05, 3.63) is 0 Å². The molecular formula is C12H21N3O2. The molecule has 2 aliphatic rings. The van der Waals surface area contributed by atoms with Crippen molar-refractivity contribution in [2.75, 3.05) is 26.8 Å². The fourth-order valence-corrected chi connectivity index (χ4v) is 2.60. The Bertz CT molecular complexity index is 306. The van der Waals surface area contributed by atoms with Crippen molar-refractivity contribution in [1.29, 1.82) is 0 Å². The van der Waals surface area contributed by atoms with E-state index in [1.165, 1.54) is 19.3 Å². The summed E-state index contributed by atoms with van der Waals surface area (Å²) >= 11 is 0. The molecule has 2 amide bonds. The number of hydrogen-bond acceptors (Lipinski definition) is 3. The molecule has 5 nitrogen and oxygen atoms in total. The van der Waals surface area contributed by atoms with Gasteiger partial charge in [0.05, 0.1) is 6.67 Å². The first kappa shape index (κ1) is 12.4. The molecule has 96 valence electrons. The normalized spacial score (nSPS) is 26.1. The highest BCUT2D eigenvalue weighted by atomic mass is 16.2. The van der Waals surface area contributed by atoms with Gasteiger partial charge in [-0.1, -0.05) is 6.42 Å². The largest absolute Gasteiger partial charge is 0.337 e. The zero-order valence-corrected chi connectivity index (χ0v) is 10.4. The van der Waals surface area contributed by atoms with Crippen LogP contribution in [0.4, 0.5) is 0 Å². The quantitative estimate of drug-likeness (QED) is 0.763. The number of nitrogens with zero attached hydrogens (tertiary/aromatic N) is 2. The van der Waals surface area contributed by atoms with E-state index in [2.05, 4.69) is 17.3 Å². The first-order chi connectivity index (χ1) is 8.16. The van der Waals surface area contributed by atoms with Crippen LogP contribution in [0.15, 0.2) is 0 Å². The summed E-state index contributed by atoms with van der Waals surface area (Å²) in [5.74, 6) is 0.0513. The van der Waals surface area contributed by atoms with Gasteiger partial charge in [0.1, 0.15) is 6.54 Å². The zero-order valence-electron chi connectivity index (χ0n) is 10.4. The average Bonchev–Trinajstić information content (AvgIpc) is 2.74. The van der Waals surface area contributed by atoms with E-state index in [0.717, 1.165) is 13.0 Å². The Balaban J connectivity index is 1.73. The summed E-state index contributed by atoms with van der Waals surface area (Å²) in [6.07, 6.45) is 5.21. The van der Waals surface area contributed by atoms with Gasteiger partial charge in [-0.05, 0) is 32.9 Å². The fourth-order valence-electron chi connectivity index (χ4n) is 2.60. The maximum atomic E-state index is 11.9. The Morgan fingerprint density at radius 1 is 1.47 bits per heavy atom. The molecule has 0 aromatic heterocycles. The van der Waals surface area contributed by atoms with Crippen LogP contribution in [0.25, 0.3) is 0 Å². The molecular weight excluding hydrogens is 218 g/mol. The van der Waals surface area contributed by atoms with Gasteiger partial charge >= 0.3 is 0 Å².